The maximum absolute atomic E-state index is 12.1. The predicted octanol–water partition coefficient (Wildman–Crippen LogP) is 2.98. The molecule has 0 saturated heterocycles. The molecule has 0 aliphatic carbocycles. The minimum Gasteiger partial charge on any atom is -0.324 e. The molecule has 2 rings (SSSR count). The number of rotatable bonds is 6. The zero-order valence-corrected chi connectivity index (χ0v) is 14.8. The normalized spacial score (nSPS) is 10.8. The number of aromatic amines is 1. The van der Waals surface area contributed by atoms with Crippen LogP contribution in [-0.2, 0) is 11.3 Å². The number of halogens is 1. The number of H-pyrrole nitrogens is 1. The van der Waals surface area contributed by atoms with Crippen LogP contribution in [0.1, 0.15) is 24.5 Å². The van der Waals surface area contributed by atoms with Crippen LogP contribution < -0.4 is 11.0 Å². The minimum atomic E-state index is -0.257. The zero-order valence-electron chi connectivity index (χ0n) is 13.3. The summed E-state index contributed by atoms with van der Waals surface area (Å²) in [4.78, 5) is 23.7. The molecule has 0 radical (unpaired) electrons. The Hall–Kier alpha value is -1.73. The summed E-state index contributed by atoms with van der Waals surface area (Å²) in [6.45, 7) is 6.39. The molecule has 1 amide bonds. The van der Waals surface area contributed by atoms with Crippen LogP contribution in [0.25, 0.3) is 0 Å². The molecular formula is C15H19ClN4O2S. The smallest absolute Gasteiger partial charge is 0.324 e. The van der Waals surface area contributed by atoms with Crippen molar-refractivity contribution in [2.45, 2.75) is 38.9 Å². The van der Waals surface area contributed by atoms with Crippen LogP contribution in [-0.4, -0.2) is 26.4 Å². The number of nitrogens with zero attached hydrogens (tertiary/aromatic N) is 2. The van der Waals surface area contributed by atoms with E-state index in [0.29, 0.717) is 22.4 Å². The van der Waals surface area contributed by atoms with E-state index in [1.54, 1.807) is 0 Å². The molecule has 6 nitrogen and oxygen atoms in total. The van der Waals surface area contributed by atoms with Gasteiger partial charge in [0.15, 0.2) is 5.16 Å². The highest BCUT2D eigenvalue weighted by Crippen LogP contribution is 2.27. The van der Waals surface area contributed by atoms with Gasteiger partial charge in [-0.15, -0.1) is 5.10 Å². The fourth-order valence-corrected chi connectivity index (χ4v) is 3.35. The lowest BCUT2D eigenvalue weighted by atomic mass is 10.1. The van der Waals surface area contributed by atoms with E-state index >= 15 is 0 Å². The van der Waals surface area contributed by atoms with Crippen LogP contribution in [0.4, 0.5) is 5.69 Å². The number of hydrogen-bond donors (Lipinski definition) is 2. The van der Waals surface area contributed by atoms with E-state index in [1.807, 2.05) is 32.9 Å². The van der Waals surface area contributed by atoms with Crippen LogP contribution in [0.15, 0.2) is 22.1 Å². The fraction of sp³-hybridized carbons (Fsp3) is 0.400. The summed E-state index contributed by atoms with van der Waals surface area (Å²) in [6, 6.07) is 3.77. The Labute approximate surface area is 143 Å². The van der Waals surface area contributed by atoms with Gasteiger partial charge in [0.2, 0.25) is 5.91 Å². The summed E-state index contributed by atoms with van der Waals surface area (Å²) in [5, 5.41) is 10.2. The van der Waals surface area contributed by atoms with Gasteiger partial charge >= 0.3 is 5.69 Å². The summed E-state index contributed by atoms with van der Waals surface area (Å²) in [7, 11) is 0. The van der Waals surface area contributed by atoms with Crippen LogP contribution in [0, 0.1) is 13.8 Å². The molecule has 2 aromatic rings. The molecular weight excluding hydrogens is 336 g/mol. The molecule has 0 spiro atoms. The second-order valence-electron chi connectivity index (χ2n) is 5.24. The maximum atomic E-state index is 12.1. The van der Waals surface area contributed by atoms with Crippen molar-refractivity contribution in [1.29, 1.82) is 0 Å². The number of carbonyl (C=O) groups is 1. The standard InChI is InChI=1S/C15H19ClN4O2S/c1-4-5-20-14(22)18-19-15(20)23-8-12(21)17-13-10(3)6-9(2)7-11(13)16/h6-7H,4-5,8H2,1-3H3,(H,17,21)(H,18,22). The first-order chi connectivity index (χ1) is 10.9. The summed E-state index contributed by atoms with van der Waals surface area (Å²) >= 11 is 7.40. The van der Waals surface area contributed by atoms with Gasteiger partial charge in [-0.1, -0.05) is 36.4 Å². The van der Waals surface area contributed by atoms with Gasteiger partial charge < -0.3 is 5.32 Å². The molecule has 2 N–H and O–H groups in total. The van der Waals surface area contributed by atoms with Crippen molar-refractivity contribution in [3.05, 3.63) is 38.8 Å². The van der Waals surface area contributed by atoms with Crippen molar-refractivity contribution in [3.63, 3.8) is 0 Å². The van der Waals surface area contributed by atoms with Crippen molar-refractivity contribution < 1.29 is 4.79 Å². The number of anilines is 1. The van der Waals surface area contributed by atoms with E-state index in [1.165, 1.54) is 16.3 Å². The van der Waals surface area contributed by atoms with Gasteiger partial charge in [0, 0.05) is 6.54 Å². The second kappa shape index (κ2) is 7.70. The van der Waals surface area contributed by atoms with E-state index in [2.05, 4.69) is 15.5 Å². The lowest BCUT2D eigenvalue weighted by molar-refractivity contribution is -0.113. The van der Waals surface area contributed by atoms with Crippen molar-refractivity contribution in [2.24, 2.45) is 0 Å². The van der Waals surface area contributed by atoms with Gasteiger partial charge in [0.25, 0.3) is 0 Å². The van der Waals surface area contributed by atoms with E-state index in [4.69, 9.17) is 11.6 Å². The average molecular weight is 355 g/mol. The third-order valence-corrected chi connectivity index (χ3v) is 4.47. The number of aromatic nitrogens is 3. The zero-order chi connectivity index (χ0) is 17.0. The Balaban J connectivity index is 2.03. The topological polar surface area (TPSA) is 79.8 Å². The van der Waals surface area contributed by atoms with Crippen LogP contribution in [0.3, 0.4) is 0 Å². The van der Waals surface area contributed by atoms with Crippen molar-refractivity contribution in [3.8, 4) is 0 Å². The summed E-state index contributed by atoms with van der Waals surface area (Å²) in [6.07, 6.45) is 0.817. The average Bonchev–Trinajstić information content (AvgIpc) is 2.82. The molecule has 0 unspecified atom stereocenters. The number of thioether (sulfide) groups is 1. The van der Waals surface area contributed by atoms with Gasteiger partial charge in [-0.2, -0.15) is 0 Å². The van der Waals surface area contributed by atoms with Crippen molar-refractivity contribution >= 4 is 35.0 Å². The number of nitrogens with one attached hydrogen (secondary N) is 2. The van der Waals surface area contributed by atoms with Crippen LogP contribution >= 0.6 is 23.4 Å². The van der Waals surface area contributed by atoms with Crippen molar-refractivity contribution in [2.75, 3.05) is 11.1 Å². The lowest BCUT2D eigenvalue weighted by Crippen LogP contribution is -2.19. The number of aryl methyl sites for hydroxylation is 2. The molecule has 124 valence electrons. The van der Waals surface area contributed by atoms with Gasteiger partial charge in [-0.25, -0.2) is 9.89 Å². The number of benzene rings is 1. The molecule has 0 fully saturated rings. The highest BCUT2D eigenvalue weighted by atomic mass is 35.5. The molecule has 1 aromatic heterocycles. The summed E-state index contributed by atoms with van der Waals surface area (Å²) < 4.78 is 1.53. The van der Waals surface area contributed by atoms with Gasteiger partial charge in [0.1, 0.15) is 0 Å². The Morgan fingerprint density at radius 2 is 2.17 bits per heavy atom. The molecule has 0 aliphatic heterocycles. The molecule has 0 saturated carbocycles. The largest absolute Gasteiger partial charge is 0.343 e. The monoisotopic (exact) mass is 354 g/mol. The first kappa shape index (κ1) is 17.6. The molecule has 1 heterocycles. The van der Waals surface area contributed by atoms with Crippen LogP contribution in [0.5, 0.6) is 0 Å². The highest BCUT2D eigenvalue weighted by molar-refractivity contribution is 7.99. The van der Waals surface area contributed by atoms with E-state index < -0.39 is 0 Å². The van der Waals surface area contributed by atoms with Crippen molar-refractivity contribution in [1.82, 2.24) is 14.8 Å². The third kappa shape index (κ3) is 4.39. The molecule has 23 heavy (non-hydrogen) atoms. The Morgan fingerprint density at radius 1 is 1.43 bits per heavy atom. The first-order valence-electron chi connectivity index (χ1n) is 7.27. The third-order valence-electron chi connectivity index (χ3n) is 3.20. The quantitative estimate of drug-likeness (QED) is 0.781. The first-order valence-corrected chi connectivity index (χ1v) is 8.63. The molecule has 1 aromatic carbocycles. The minimum absolute atomic E-state index is 0.150. The van der Waals surface area contributed by atoms with E-state index in [0.717, 1.165) is 17.5 Å². The Morgan fingerprint density at radius 3 is 2.83 bits per heavy atom. The van der Waals surface area contributed by atoms with Gasteiger partial charge in [0.05, 0.1) is 16.5 Å². The fourth-order valence-electron chi connectivity index (χ4n) is 2.21. The molecule has 0 atom stereocenters. The molecule has 0 aliphatic rings. The Bertz CT molecular complexity index is 746. The number of amides is 1. The SMILES string of the molecule is CCCn1c(SCC(=O)Nc2c(C)cc(C)cc2Cl)n[nH]c1=O. The predicted molar refractivity (Wildman–Crippen MR) is 93.4 cm³/mol. The molecule has 8 heteroatoms. The Kier molecular flexibility index (Phi) is 5.90. The molecule has 0 bridgehead atoms. The second-order valence-corrected chi connectivity index (χ2v) is 6.59. The highest BCUT2D eigenvalue weighted by Gasteiger charge is 2.13. The lowest BCUT2D eigenvalue weighted by Gasteiger charge is -2.11. The van der Waals surface area contributed by atoms with Crippen LogP contribution in [0.2, 0.25) is 5.02 Å². The van der Waals surface area contributed by atoms with E-state index in [-0.39, 0.29) is 17.3 Å². The number of carbonyl (C=O) groups excluding carboxylic acids is 1. The maximum Gasteiger partial charge on any atom is 0.343 e. The van der Waals surface area contributed by atoms with E-state index in [9.17, 15) is 9.59 Å². The van der Waals surface area contributed by atoms with Gasteiger partial charge in [-0.05, 0) is 37.5 Å². The summed E-state index contributed by atoms with van der Waals surface area (Å²) in [5.41, 5.74) is 2.32. The van der Waals surface area contributed by atoms with Gasteiger partial charge in [-0.3, -0.25) is 9.36 Å². The summed E-state index contributed by atoms with van der Waals surface area (Å²) in [5.74, 6) is -0.0418. The number of hydrogen-bond acceptors (Lipinski definition) is 4.